The lowest BCUT2D eigenvalue weighted by atomic mass is 9.93. The van der Waals surface area contributed by atoms with Gasteiger partial charge in [-0.2, -0.15) is 0 Å². The number of aliphatic hydroxyl groups is 1. The van der Waals surface area contributed by atoms with E-state index < -0.39 is 6.10 Å². The normalized spacial score (nSPS) is 19.9. The molecule has 2 N–H and O–H groups in total. The van der Waals surface area contributed by atoms with Crippen molar-refractivity contribution in [3.05, 3.63) is 48.0 Å². The Morgan fingerprint density at radius 3 is 2.79 bits per heavy atom. The van der Waals surface area contributed by atoms with Gasteiger partial charge in [0.05, 0.1) is 6.10 Å². The maximum Gasteiger partial charge on any atom is 0.223 e. The van der Waals surface area contributed by atoms with Crippen molar-refractivity contribution in [3.63, 3.8) is 0 Å². The predicted octanol–water partition coefficient (Wildman–Crippen LogP) is 2.06. The summed E-state index contributed by atoms with van der Waals surface area (Å²) in [5.74, 6) is 0.144. The van der Waals surface area contributed by atoms with Gasteiger partial charge in [0.1, 0.15) is 0 Å². The Morgan fingerprint density at radius 1 is 1.32 bits per heavy atom. The quantitative estimate of drug-likeness (QED) is 0.795. The van der Waals surface area contributed by atoms with E-state index in [1.165, 1.54) is 0 Å². The first-order valence-electron chi connectivity index (χ1n) is 6.90. The van der Waals surface area contributed by atoms with Gasteiger partial charge < -0.3 is 10.4 Å². The highest BCUT2D eigenvalue weighted by atomic mass is 16.3. The lowest BCUT2D eigenvalue weighted by Gasteiger charge is -2.18. The third kappa shape index (κ3) is 4.52. The predicted molar refractivity (Wildman–Crippen MR) is 75.6 cm³/mol. The lowest BCUT2D eigenvalue weighted by molar-refractivity contribution is -0.125. The van der Waals surface area contributed by atoms with Crippen LogP contribution in [0.2, 0.25) is 0 Å². The molecule has 1 aromatic carbocycles. The second kappa shape index (κ2) is 7.10. The molecule has 1 aromatic rings. The molecule has 0 fully saturated rings. The fourth-order valence-electron chi connectivity index (χ4n) is 2.35. The zero-order valence-electron chi connectivity index (χ0n) is 11.1. The number of nitrogens with one attached hydrogen (secondary N) is 1. The Labute approximate surface area is 114 Å². The molecule has 0 unspecified atom stereocenters. The smallest absolute Gasteiger partial charge is 0.223 e. The van der Waals surface area contributed by atoms with E-state index in [-0.39, 0.29) is 11.8 Å². The minimum Gasteiger partial charge on any atom is -0.391 e. The van der Waals surface area contributed by atoms with E-state index >= 15 is 0 Å². The van der Waals surface area contributed by atoms with Gasteiger partial charge >= 0.3 is 0 Å². The van der Waals surface area contributed by atoms with E-state index in [0.29, 0.717) is 13.0 Å². The molecule has 1 aliphatic carbocycles. The van der Waals surface area contributed by atoms with Gasteiger partial charge in [-0.15, -0.1) is 0 Å². The van der Waals surface area contributed by atoms with Gasteiger partial charge in [0.15, 0.2) is 0 Å². The van der Waals surface area contributed by atoms with E-state index in [4.69, 9.17) is 0 Å². The highest BCUT2D eigenvalue weighted by Crippen LogP contribution is 2.17. The third-order valence-electron chi connectivity index (χ3n) is 3.47. The molecule has 0 heterocycles. The lowest BCUT2D eigenvalue weighted by Crippen LogP contribution is -2.37. The molecule has 102 valence electrons. The van der Waals surface area contributed by atoms with Crippen LogP contribution in [-0.2, 0) is 11.2 Å². The summed E-state index contributed by atoms with van der Waals surface area (Å²) in [6.07, 6.45) is 6.95. The number of amides is 1. The molecule has 0 aliphatic heterocycles. The Morgan fingerprint density at radius 2 is 2.11 bits per heavy atom. The summed E-state index contributed by atoms with van der Waals surface area (Å²) in [4.78, 5) is 11.9. The van der Waals surface area contributed by atoms with Crippen molar-refractivity contribution in [1.82, 2.24) is 5.32 Å². The van der Waals surface area contributed by atoms with Crippen molar-refractivity contribution in [2.45, 2.75) is 31.8 Å². The van der Waals surface area contributed by atoms with E-state index in [2.05, 4.69) is 17.5 Å². The largest absolute Gasteiger partial charge is 0.391 e. The standard InChI is InChI=1S/C16H21NO2/c18-15(11-13-7-3-1-4-8-13)12-17-16(19)14-9-5-2-6-10-14/h1-5,7-8,14-15,18H,6,9-12H2,(H,17,19)/t14-,15+/m1/s1. The average Bonchev–Trinajstić information content (AvgIpc) is 2.47. The zero-order valence-corrected chi connectivity index (χ0v) is 11.1. The van der Waals surface area contributed by atoms with Crippen LogP contribution < -0.4 is 5.32 Å². The molecule has 2 rings (SSSR count). The Hall–Kier alpha value is -1.61. The fraction of sp³-hybridized carbons (Fsp3) is 0.438. The van der Waals surface area contributed by atoms with Gasteiger partial charge in [0, 0.05) is 18.9 Å². The van der Waals surface area contributed by atoms with Crippen molar-refractivity contribution in [3.8, 4) is 0 Å². The molecule has 3 heteroatoms. The number of hydrogen-bond acceptors (Lipinski definition) is 2. The zero-order chi connectivity index (χ0) is 13.5. The maximum absolute atomic E-state index is 11.9. The highest BCUT2D eigenvalue weighted by molar-refractivity contribution is 5.78. The van der Waals surface area contributed by atoms with E-state index in [1.807, 2.05) is 30.3 Å². The van der Waals surface area contributed by atoms with Crippen LogP contribution in [0.1, 0.15) is 24.8 Å². The summed E-state index contributed by atoms with van der Waals surface area (Å²) >= 11 is 0. The van der Waals surface area contributed by atoms with Crippen molar-refractivity contribution in [1.29, 1.82) is 0 Å². The molecule has 0 bridgehead atoms. The summed E-state index contributed by atoms with van der Waals surface area (Å²) in [6, 6.07) is 9.83. The molecule has 1 amide bonds. The van der Waals surface area contributed by atoms with Crippen LogP contribution in [0.5, 0.6) is 0 Å². The molecule has 0 radical (unpaired) electrons. The number of carbonyl (C=O) groups excluding carboxylic acids is 1. The van der Waals surface area contributed by atoms with Crippen LogP contribution in [0.3, 0.4) is 0 Å². The van der Waals surface area contributed by atoms with E-state index in [1.54, 1.807) is 0 Å². The van der Waals surface area contributed by atoms with Gasteiger partial charge in [-0.1, -0.05) is 42.5 Å². The Kier molecular flexibility index (Phi) is 5.16. The molecule has 0 saturated carbocycles. The topological polar surface area (TPSA) is 49.3 Å². The Balaban J connectivity index is 1.72. The van der Waals surface area contributed by atoms with Crippen molar-refractivity contribution in [2.75, 3.05) is 6.54 Å². The number of benzene rings is 1. The van der Waals surface area contributed by atoms with Crippen LogP contribution in [0.25, 0.3) is 0 Å². The minimum atomic E-state index is -0.523. The molecule has 0 saturated heterocycles. The highest BCUT2D eigenvalue weighted by Gasteiger charge is 2.19. The van der Waals surface area contributed by atoms with Crippen molar-refractivity contribution >= 4 is 5.91 Å². The Bertz CT molecular complexity index is 428. The maximum atomic E-state index is 11.9. The second-order valence-electron chi connectivity index (χ2n) is 5.07. The second-order valence-corrected chi connectivity index (χ2v) is 5.07. The van der Waals surface area contributed by atoms with Gasteiger partial charge in [0.25, 0.3) is 0 Å². The first kappa shape index (κ1) is 13.8. The third-order valence-corrected chi connectivity index (χ3v) is 3.47. The van der Waals surface area contributed by atoms with Crippen LogP contribution >= 0.6 is 0 Å². The average molecular weight is 259 g/mol. The van der Waals surface area contributed by atoms with Gasteiger partial charge in [0.2, 0.25) is 5.91 Å². The summed E-state index contributed by atoms with van der Waals surface area (Å²) in [5, 5.41) is 12.8. The van der Waals surface area contributed by atoms with E-state index in [9.17, 15) is 9.90 Å². The summed E-state index contributed by atoms with van der Waals surface area (Å²) < 4.78 is 0. The van der Waals surface area contributed by atoms with Crippen LogP contribution in [0.4, 0.5) is 0 Å². The first-order chi connectivity index (χ1) is 9.25. The number of allylic oxidation sites excluding steroid dienone is 2. The minimum absolute atomic E-state index is 0.0662. The first-order valence-corrected chi connectivity index (χ1v) is 6.90. The molecule has 0 spiro atoms. The number of rotatable bonds is 5. The molecule has 1 aliphatic rings. The van der Waals surface area contributed by atoms with Crippen molar-refractivity contribution in [2.24, 2.45) is 5.92 Å². The van der Waals surface area contributed by atoms with Gasteiger partial charge in [-0.25, -0.2) is 0 Å². The van der Waals surface area contributed by atoms with E-state index in [0.717, 1.165) is 24.8 Å². The van der Waals surface area contributed by atoms with Crippen LogP contribution in [0.15, 0.2) is 42.5 Å². The SMILES string of the molecule is O=C(NC[C@@H](O)Cc1ccccc1)[C@@H]1CC=CCC1. The van der Waals surface area contributed by atoms with Crippen molar-refractivity contribution < 1.29 is 9.90 Å². The number of aliphatic hydroxyl groups excluding tert-OH is 1. The number of hydrogen-bond donors (Lipinski definition) is 2. The molecule has 0 aromatic heterocycles. The molecular weight excluding hydrogens is 238 g/mol. The summed E-state index contributed by atoms with van der Waals surface area (Å²) in [5.41, 5.74) is 1.09. The fourth-order valence-corrected chi connectivity index (χ4v) is 2.35. The van der Waals surface area contributed by atoms with Crippen LogP contribution in [-0.4, -0.2) is 23.7 Å². The molecule has 2 atom stereocenters. The van der Waals surface area contributed by atoms with Crippen LogP contribution in [0, 0.1) is 5.92 Å². The molecule has 3 nitrogen and oxygen atoms in total. The van der Waals surface area contributed by atoms with Gasteiger partial charge in [-0.05, 0) is 24.8 Å². The summed E-state index contributed by atoms with van der Waals surface area (Å²) in [6.45, 7) is 0.327. The van der Waals surface area contributed by atoms with Gasteiger partial charge in [-0.3, -0.25) is 4.79 Å². The molecule has 19 heavy (non-hydrogen) atoms. The summed E-state index contributed by atoms with van der Waals surface area (Å²) in [7, 11) is 0. The number of carbonyl (C=O) groups is 1. The monoisotopic (exact) mass is 259 g/mol. The molecular formula is C16H21NO2.